The van der Waals surface area contributed by atoms with E-state index in [4.69, 9.17) is 0 Å². The average Bonchev–Trinajstić information content (AvgIpc) is 2.12. The Morgan fingerprint density at radius 3 is 2.56 bits per heavy atom. The first-order chi connectivity index (χ1) is 4.25. The topological polar surface area (TPSA) is 43.5 Å². The van der Waals surface area contributed by atoms with E-state index in [1.165, 1.54) is 0 Å². The summed E-state index contributed by atoms with van der Waals surface area (Å²) in [5.41, 5.74) is 4.27. The van der Waals surface area contributed by atoms with E-state index in [2.05, 4.69) is 10.5 Å². The van der Waals surface area contributed by atoms with Crippen LogP contribution in [0.2, 0.25) is 0 Å². The maximum Gasteiger partial charge on any atom is 0.273 e. The molecule has 3 nitrogen and oxygen atoms in total. The number of rotatable bonds is 1. The molecular formula is C6H9N2O. The van der Waals surface area contributed by atoms with Gasteiger partial charge < -0.3 is 0 Å². The van der Waals surface area contributed by atoms with Crippen molar-refractivity contribution in [3.05, 3.63) is 0 Å². The van der Waals surface area contributed by atoms with Crippen LogP contribution < -0.4 is 5.43 Å². The summed E-state index contributed by atoms with van der Waals surface area (Å²) >= 11 is 0. The fourth-order valence-corrected chi connectivity index (χ4v) is 0.916. The van der Waals surface area contributed by atoms with Crippen molar-refractivity contribution in [2.24, 2.45) is 11.0 Å². The molecule has 0 aromatic heterocycles. The van der Waals surface area contributed by atoms with Gasteiger partial charge in [-0.3, -0.25) is 4.79 Å². The molecule has 0 aromatic rings. The highest BCUT2D eigenvalue weighted by Gasteiger charge is 2.25. The molecule has 1 amide bonds. The largest absolute Gasteiger partial charge is 0.273 e. The number of hydrogen-bond acceptors (Lipinski definition) is 2. The summed E-state index contributed by atoms with van der Waals surface area (Å²) in [6, 6.07) is 0. The van der Waals surface area contributed by atoms with Gasteiger partial charge in [-0.2, -0.15) is 5.10 Å². The molecule has 1 aliphatic rings. The van der Waals surface area contributed by atoms with Gasteiger partial charge >= 0.3 is 0 Å². The molecule has 1 rings (SSSR count). The van der Waals surface area contributed by atoms with Crippen LogP contribution in [-0.4, -0.2) is 11.6 Å². The van der Waals surface area contributed by atoms with E-state index in [0.717, 1.165) is 12.1 Å². The third-order valence-electron chi connectivity index (χ3n) is 1.52. The van der Waals surface area contributed by atoms with E-state index >= 15 is 0 Å². The third kappa shape index (κ3) is 0.943. The molecule has 1 heterocycles. The van der Waals surface area contributed by atoms with E-state index in [-0.39, 0.29) is 11.8 Å². The standard InChI is InChI=1S/C6H9N2O/c1-3-5-4(2)7-8-6(5)9/h5H,3H2,1-2H3. The minimum atomic E-state index is -0.0880. The fourth-order valence-electron chi connectivity index (χ4n) is 0.916. The first kappa shape index (κ1) is 6.26. The van der Waals surface area contributed by atoms with Crippen LogP contribution in [0.15, 0.2) is 5.10 Å². The van der Waals surface area contributed by atoms with Crippen LogP contribution in [0.25, 0.3) is 0 Å². The second-order valence-electron chi connectivity index (χ2n) is 2.14. The molecule has 9 heavy (non-hydrogen) atoms. The van der Waals surface area contributed by atoms with Crippen LogP contribution in [0.5, 0.6) is 0 Å². The van der Waals surface area contributed by atoms with Crippen LogP contribution >= 0.6 is 0 Å². The van der Waals surface area contributed by atoms with E-state index < -0.39 is 0 Å². The van der Waals surface area contributed by atoms with Gasteiger partial charge in [-0.15, -0.1) is 5.43 Å². The monoisotopic (exact) mass is 125 g/mol. The van der Waals surface area contributed by atoms with Crippen LogP contribution in [0, 0.1) is 5.92 Å². The van der Waals surface area contributed by atoms with Gasteiger partial charge in [0.05, 0.1) is 11.6 Å². The lowest BCUT2D eigenvalue weighted by Gasteiger charge is -1.98. The normalized spacial score (nSPS) is 25.8. The Balaban J connectivity index is 2.67. The van der Waals surface area contributed by atoms with Crippen molar-refractivity contribution in [3.63, 3.8) is 0 Å². The van der Waals surface area contributed by atoms with E-state index in [0.29, 0.717) is 0 Å². The Morgan fingerprint density at radius 2 is 2.33 bits per heavy atom. The molecule has 1 atom stereocenters. The lowest BCUT2D eigenvalue weighted by atomic mass is 10.0. The predicted octanol–water partition coefficient (Wildman–Crippen LogP) is 0.533. The van der Waals surface area contributed by atoms with Crippen molar-refractivity contribution in [2.45, 2.75) is 20.3 Å². The van der Waals surface area contributed by atoms with Crippen molar-refractivity contribution in [2.75, 3.05) is 0 Å². The third-order valence-corrected chi connectivity index (χ3v) is 1.52. The molecule has 0 aromatic carbocycles. The van der Waals surface area contributed by atoms with Gasteiger partial charge in [0.1, 0.15) is 0 Å². The molecule has 1 unspecified atom stereocenters. The first-order valence-electron chi connectivity index (χ1n) is 3.04. The smallest absolute Gasteiger partial charge is 0.270 e. The number of carbonyl (C=O) groups excluding carboxylic acids is 1. The molecule has 0 bridgehead atoms. The summed E-state index contributed by atoms with van der Waals surface area (Å²) in [6.07, 6.45) is 0.817. The van der Waals surface area contributed by atoms with Crippen molar-refractivity contribution in [3.8, 4) is 0 Å². The molecule has 0 aliphatic carbocycles. The van der Waals surface area contributed by atoms with E-state index in [1.807, 2.05) is 13.8 Å². The van der Waals surface area contributed by atoms with E-state index in [1.54, 1.807) is 0 Å². The van der Waals surface area contributed by atoms with Crippen molar-refractivity contribution >= 4 is 11.6 Å². The molecule has 0 fully saturated rings. The Kier molecular flexibility index (Phi) is 1.51. The van der Waals surface area contributed by atoms with E-state index in [9.17, 15) is 4.79 Å². The van der Waals surface area contributed by atoms with Gasteiger partial charge in [-0.1, -0.05) is 6.92 Å². The molecule has 0 N–H and O–H groups in total. The molecule has 49 valence electrons. The molecule has 3 heteroatoms. The summed E-state index contributed by atoms with van der Waals surface area (Å²) in [7, 11) is 0. The SMILES string of the molecule is CCC1C(=O)[N]N=C1C. The van der Waals surface area contributed by atoms with Crippen LogP contribution in [0.1, 0.15) is 20.3 Å². The lowest BCUT2D eigenvalue weighted by molar-refractivity contribution is -0.122. The zero-order valence-electron chi connectivity index (χ0n) is 5.59. The van der Waals surface area contributed by atoms with Gasteiger partial charge in [0, 0.05) is 0 Å². The molecule has 1 radical (unpaired) electrons. The summed E-state index contributed by atoms with van der Waals surface area (Å²) in [5.74, 6) is -0.111. The number of nitrogens with zero attached hydrogens (tertiary/aromatic N) is 2. The zero-order chi connectivity index (χ0) is 6.85. The zero-order valence-corrected chi connectivity index (χ0v) is 5.59. The van der Waals surface area contributed by atoms with Gasteiger partial charge in [0.25, 0.3) is 5.91 Å². The Morgan fingerprint density at radius 1 is 1.67 bits per heavy atom. The average molecular weight is 125 g/mol. The second-order valence-corrected chi connectivity index (χ2v) is 2.14. The van der Waals surface area contributed by atoms with Crippen LogP contribution in [0.3, 0.4) is 0 Å². The van der Waals surface area contributed by atoms with Crippen LogP contribution in [-0.2, 0) is 4.79 Å². The molecular weight excluding hydrogens is 116 g/mol. The van der Waals surface area contributed by atoms with Crippen LogP contribution in [0.4, 0.5) is 0 Å². The van der Waals surface area contributed by atoms with Gasteiger partial charge in [-0.05, 0) is 13.3 Å². The summed E-state index contributed by atoms with van der Waals surface area (Å²) in [6.45, 7) is 3.80. The second kappa shape index (κ2) is 2.17. The minimum absolute atomic E-state index is 0.0231. The number of amides is 1. The summed E-state index contributed by atoms with van der Waals surface area (Å²) in [4.78, 5) is 10.7. The van der Waals surface area contributed by atoms with Gasteiger partial charge in [0.2, 0.25) is 0 Å². The van der Waals surface area contributed by atoms with Gasteiger partial charge in [0.15, 0.2) is 0 Å². The molecule has 0 spiro atoms. The van der Waals surface area contributed by atoms with Crippen molar-refractivity contribution in [1.29, 1.82) is 0 Å². The Labute approximate surface area is 54.1 Å². The molecule has 0 saturated carbocycles. The minimum Gasteiger partial charge on any atom is -0.270 e. The molecule has 0 saturated heterocycles. The fraction of sp³-hybridized carbons (Fsp3) is 0.667. The highest BCUT2D eigenvalue weighted by molar-refractivity contribution is 6.06. The highest BCUT2D eigenvalue weighted by atomic mass is 16.2. The summed E-state index contributed by atoms with van der Waals surface area (Å²) in [5, 5.41) is 3.66. The predicted molar refractivity (Wildman–Crippen MR) is 34.0 cm³/mol. The Bertz CT molecular complexity index is 162. The van der Waals surface area contributed by atoms with Gasteiger partial charge in [-0.25, -0.2) is 0 Å². The first-order valence-corrected chi connectivity index (χ1v) is 3.04. The highest BCUT2D eigenvalue weighted by Crippen LogP contribution is 2.10. The number of hydrogen-bond donors (Lipinski definition) is 0. The van der Waals surface area contributed by atoms with Crippen molar-refractivity contribution < 1.29 is 4.79 Å². The van der Waals surface area contributed by atoms with Crippen molar-refractivity contribution in [1.82, 2.24) is 5.43 Å². The maximum absolute atomic E-state index is 10.7. The maximum atomic E-state index is 10.7. The number of carbonyl (C=O) groups is 1. The lowest BCUT2D eigenvalue weighted by Crippen LogP contribution is -2.17. The molecule has 1 aliphatic heterocycles. The quantitative estimate of drug-likeness (QED) is 0.504. The Hall–Kier alpha value is -0.860. The summed E-state index contributed by atoms with van der Waals surface area (Å²) < 4.78 is 0.